The van der Waals surface area contributed by atoms with Gasteiger partial charge in [0, 0.05) is 31.4 Å². The normalized spacial score (nSPS) is 19.2. The fourth-order valence-corrected chi connectivity index (χ4v) is 2.73. The molecule has 118 valence electrons. The van der Waals surface area contributed by atoms with E-state index in [-0.39, 0.29) is 0 Å². The van der Waals surface area contributed by atoms with Gasteiger partial charge >= 0.3 is 6.01 Å². The Hall–Kier alpha value is -2.02. The first-order valence-corrected chi connectivity index (χ1v) is 7.77. The van der Waals surface area contributed by atoms with Crippen molar-refractivity contribution in [1.82, 2.24) is 29.9 Å². The van der Waals surface area contributed by atoms with Gasteiger partial charge in [-0.1, -0.05) is 0 Å². The van der Waals surface area contributed by atoms with E-state index in [1.54, 1.807) is 29.6 Å². The molecule has 22 heavy (non-hydrogen) atoms. The smallest absolute Gasteiger partial charge is 0.316 e. The molecule has 0 radical (unpaired) electrons. The van der Waals surface area contributed by atoms with Crippen molar-refractivity contribution in [2.45, 2.75) is 26.3 Å². The molecule has 1 atom stereocenters. The zero-order valence-electron chi connectivity index (χ0n) is 12.9. The van der Waals surface area contributed by atoms with Gasteiger partial charge in [-0.15, -0.1) is 0 Å². The summed E-state index contributed by atoms with van der Waals surface area (Å²) in [5, 5.41) is 8.28. The summed E-state index contributed by atoms with van der Waals surface area (Å²) in [6.45, 7) is 6.65. The molecule has 1 saturated heterocycles. The number of hydrogen-bond donors (Lipinski definition) is 0. The van der Waals surface area contributed by atoms with Gasteiger partial charge in [-0.3, -0.25) is 0 Å². The van der Waals surface area contributed by atoms with Gasteiger partial charge in [0.05, 0.1) is 25.5 Å². The van der Waals surface area contributed by atoms with Crippen molar-refractivity contribution in [2.24, 2.45) is 5.92 Å². The van der Waals surface area contributed by atoms with Crippen LogP contribution in [0.25, 0.3) is 0 Å². The van der Waals surface area contributed by atoms with E-state index in [2.05, 4.69) is 25.1 Å². The number of aromatic nitrogens is 5. The van der Waals surface area contributed by atoms with Crippen LogP contribution < -0.4 is 4.74 Å². The lowest BCUT2D eigenvalue weighted by Crippen LogP contribution is -2.39. The lowest BCUT2D eigenvalue weighted by molar-refractivity contribution is 0.120. The lowest BCUT2D eigenvalue weighted by atomic mass is 9.99. The Morgan fingerprint density at radius 2 is 1.95 bits per heavy atom. The van der Waals surface area contributed by atoms with E-state index in [1.807, 2.05) is 6.92 Å². The van der Waals surface area contributed by atoms with Crippen molar-refractivity contribution in [3.63, 3.8) is 0 Å². The summed E-state index contributed by atoms with van der Waals surface area (Å²) in [5.41, 5.74) is 1.04. The number of piperidine rings is 1. The number of hydrogen-bond acceptors (Lipinski definition) is 6. The molecule has 1 aliphatic rings. The van der Waals surface area contributed by atoms with Crippen LogP contribution in [-0.2, 0) is 6.54 Å². The van der Waals surface area contributed by atoms with E-state index in [1.165, 1.54) is 12.8 Å². The van der Waals surface area contributed by atoms with Crippen molar-refractivity contribution in [3.8, 4) is 6.01 Å². The monoisotopic (exact) mass is 302 g/mol. The fraction of sp³-hybridized carbons (Fsp3) is 0.600. The first kappa shape index (κ1) is 14.9. The minimum atomic E-state index is 0.475. The molecule has 0 amide bonds. The Bertz CT molecular complexity index is 556. The largest absolute Gasteiger partial charge is 0.463 e. The quantitative estimate of drug-likeness (QED) is 0.798. The summed E-state index contributed by atoms with van der Waals surface area (Å²) in [7, 11) is 0. The average Bonchev–Trinajstić information content (AvgIpc) is 3.06. The molecule has 0 saturated carbocycles. The van der Waals surface area contributed by atoms with Gasteiger partial charge in [-0.25, -0.2) is 9.97 Å². The first-order chi connectivity index (χ1) is 10.8. The van der Waals surface area contributed by atoms with Crippen molar-refractivity contribution in [2.75, 3.05) is 26.2 Å². The molecule has 2 aromatic rings. The highest BCUT2D eigenvalue weighted by Crippen LogP contribution is 2.17. The van der Waals surface area contributed by atoms with Gasteiger partial charge < -0.3 is 9.64 Å². The predicted molar refractivity (Wildman–Crippen MR) is 81.5 cm³/mol. The van der Waals surface area contributed by atoms with Crippen LogP contribution in [0.15, 0.2) is 24.8 Å². The second kappa shape index (κ2) is 7.31. The van der Waals surface area contributed by atoms with Crippen LogP contribution in [0.5, 0.6) is 6.01 Å². The molecule has 7 heteroatoms. The van der Waals surface area contributed by atoms with E-state index in [0.717, 1.165) is 31.7 Å². The van der Waals surface area contributed by atoms with Gasteiger partial charge in [0.25, 0.3) is 0 Å². The third kappa shape index (κ3) is 4.24. The van der Waals surface area contributed by atoms with Crippen molar-refractivity contribution < 1.29 is 4.74 Å². The SMILES string of the molecule is Cc1cnc(OCC2CCCN(CCn3nccn3)C2)nc1. The van der Waals surface area contributed by atoms with E-state index in [4.69, 9.17) is 4.74 Å². The molecule has 1 unspecified atom stereocenters. The molecular weight excluding hydrogens is 280 g/mol. The Morgan fingerprint density at radius 1 is 1.18 bits per heavy atom. The van der Waals surface area contributed by atoms with Crippen LogP contribution in [0, 0.1) is 12.8 Å². The maximum absolute atomic E-state index is 5.72. The minimum Gasteiger partial charge on any atom is -0.463 e. The number of ether oxygens (including phenoxy) is 1. The second-order valence-corrected chi connectivity index (χ2v) is 5.79. The summed E-state index contributed by atoms with van der Waals surface area (Å²) in [4.78, 5) is 12.6. The highest BCUT2D eigenvalue weighted by atomic mass is 16.5. The molecule has 0 N–H and O–H groups in total. The van der Waals surface area contributed by atoms with Gasteiger partial charge in [0.2, 0.25) is 0 Å². The van der Waals surface area contributed by atoms with E-state index in [9.17, 15) is 0 Å². The summed E-state index contributed by atoms with van der Waals surface area (Å²) in [6.07, 6.45) is 9.40. The maximum Gasteiger partial charge on any atom is 0.316 e. The third-order valence-corrected chi connectivity index (χ3v) is 3.89. The summed E-state index contributed by atoms with van der Waals surface area (Å²) >= 11 is 0. The Labute approximate surface area is 130 Å². The van der Waals surface area contributed by atoms with Crippen LogP contribution in [0.2, 0.25) is 0 Å². The molecular formula is C15H22N6O. The predicted octanol–water partition coefficient (Wildman–Crippen LogP) is 1.17. The lowest BCUT2D eigenvalue weighted by Gasteiger charge is -2.32. The molecule has 1 fully saturated rings. The Kier molecular flexibility index (Phi) is 4.95. The van der Waals surface area contributed by atoms with Gasteiger partial charge in [-0.2, -0.15) is 15.0 Å². The zero-order valence-corrected chi connectivity index (χ0v) is 12.9. The standard InChI is InChI=1S/C15H22N6O/c1-13-9-16-15(17-10-13)22-12-14-3-2-6-20(11-14)7-8-21-18-4-5-19-21/h4-5,9-10,14H,2-3,6-8,11-12H2,1H3. The van der Waals surface area contributed by atoms with Crippen LogP contribution >= 0.6 is 0 Å². The van der Waals surface area contributed by atoms with Crippen molar-refractivity contribution in [1.29, 1.82) is 0 Å². The molecule has 7 nitrogen and oxygen atoms in total. The van der Waals surface area contributed by atoms with Crippen LogP contribution in [0.1, 0.15) is 18.4 Å². The zero-order chi connectivity index (χ0) is 15.2. The molecule has 0 aliphatic carbocycles. The molecule has 1 aliphatic heterocycles. The van der Waals surface area contributed by atoms with Crippen molar-refractivity contribution in [3.05, 3.63) is 30.4 Å². The van der Waals surface area contributed by atoms with Gasteiger partial charge in [0.1, 0.15) is 0 Å². The highest BCUT2D eigenvalue weighted by molar-refractivity contribution is 5.04. The van der Waals surface area contributed by atoms with E-state index < -0.39 is 0 Å². The van der Waals surface area contributed by atoms with Crippen LogP contribution in [0.4, 0.5) is 0 Å². The summed E-state index contributed by atoms with van der Waals surface area (Å²) in [5.74, 6) is 0.532. The summed E-state index contributed by atoms with van der Waals surface area (Å²) in [6, 6.07) is 0.475. The fourth-order valence-electron chi connectivity index (χ4n) is 2.73. The topological polar surface area (TPSA) is 69.0 Å². The van der Waals surface area contributed by atoms with E-state index >= 15 is 0 Å². The van der Waals surface area contributed by atoms with Crippen LogP contribution in [-0.4, -0.2) is 56.1 Å². The molecule has 0 spiro atoms. The Balaban J connectivity index is 1.43. The second-order valence-electron chi connectivity index (χ2n) is 5.79. The highest BCUT2D eigenvalue weighted by Gasteiger charge is 2.20. The molecule has 0 aromatic carbocycles. The Morgan fingerprint density at radius 3 is 2.73 bits per heavy atom. The minimum absolute atomic E-state index is 0.475. The van der Waals surface area contributed by atoms with Crippen LogP contribution in [0.3, 0.4) is 0 Å². The first-order valence-electron chi connectivity index (χ1n) is 7.77. The van der Waals surface area contributed by atoms with Gasteiger partial charge in [0.15, 0.2) is 0 Å². The third-order valence-electron chi connectivity index (χ3n) is 3.89. The maximum atomic E-state index is 5.72. The molecule has 2 aromatic heterocycles. The number of rotatable bonds is 6. The molecule has 0 bridgehead atoms. The number of likely N-dealkylation sites (tertiary alicyclic amines) is 1. The number of nitrogens with zero attached hydrogens (tertiary/aromatic N) is 6. The molecule has 3 rings (SSSR count). The summed E-state index contributed by atoms with van der Waals surface area (Å²) < 4.78 is 5.72. The van der Waals surface area contributed by atoms with Crippen molar-refractivity contribution >= 4 is 0 Å². The average molecular weight is 302 g/mol. The van der Waals surface area contributed by atoms with Gasteiger partial charge in [-0.05, 0) is 31.9 Å². The number of aryl methyl sites for hydroxylation is 1. The van der Waals surface area contributed by atoms with E-state index in [0.29, 0.717) is 18.5 Å². The molecule has 3 heterocycles.